The van der Waals surface area contributed by atoms with E-state index < -0.39 is 11.4 Å². The smallest absolute Gasteiger partial charge is 0.264 e. The summed E-state index contributed by atoms with van der Waals surface area (Å²) in [4.78, 5) is 28.9. The van der Waals surface area contributed by atoms with Crippen molar-refractivity contribution in [2.75, 3.05) is 65.3 Å². The molecule has 4 heterocycles. The van der Waals surface area contributed by atoms with E-state index in [2.05, 4.69) is 25.8 Å². The number of benzene rings is 2. The van der Waals surface area contributed by atoms with E-state index in [9.17, 15) is 10.1 Å². The first-order valence-corrected chi connectivity index (χ1v) is 16.6. The van der Waals surface area contributed by atoms with Crippen molar-refractivity contribution < 1.29 is 18.7 Å². The van der Waals surface area contributed by atoms with Crippen LogP contribution in [0.4, 0.5) is 10.2 Å². The molecular weight excluding hydrogens is 625 g/mol. The van der Waals surface area contributed by atoms with Crippen molar-refractivity contribution >= 4 is 22.8 Å². The van der Waals surface area contributed by atoms with Gasteiger partial charge in [0, 0.05) is 70.1 Å². The van der Waals surface area contributed by atoms with E-state index in [4.69, 9.17) is 20.3 Å². The highest BCUT2D eigenvalue weighted by atomic mass is 19.1. The monoisotopic (exact) mass is 667 g/mol. The number of methoxy groups -OCH3 is 1. The molecule has 0 radical (unpaired) electrons. The number of fused-ring (bicyclic) bond motifs is 1. The van der Waals surface area contributed by atoms with Crippen LogP contribution < -0.4 is 10.5 Å². The molecule has 13 heteroatoms. The minimum absolute atomic E-state index is 0.116. The van der Waals surface area contributed by atoms with Gasteiger partial charge in [0.1, 0.15) is 46.8 Å². The Morgan fingerprint density at radius 3 is 2.59 bits per heavy atom. The average Bonchev–Trinajstić information content (AvgIpc) is 3.51. The molecule has 4 aromatic rings. The Morgan fingerprint density at radius 2 is 1.88 bits per heavy atom. The molecule has 49 heavy (non-hydrogen) atoms. The highest BCUT2D eigenvalue weighted by Gasteiger charge is 2.33. The Kier molecular flexibility index (Phi) is 10.2. The fourth-order valence-electron chi connectivity index (χ4n) is 6.68. The molecule has 12 nitrogen and oxygen atoms in total. The Balaban J connectivity index is 1.22. The van der Waals surface area contributed by atoms with E-state index in [-0.39, 0.29) is 28.9 Å². The first kappa shape index (κ1) is 34.0. The fourth-order valence-corrected chi connectivity index (χ4v) is 6.68. The average molecular weight is 668 g/mol. The predicted octanol–water partition coefficient (Wildman–Crippen LogP) is 4.66. The van der Waals surface area contributed by atoms with Crippen molar-refractivity contribution in [2.24, 2.45) is 0 Å². The third kappa shape index (κ3) is 7.41. The van der Waals surface area contributed by atoms with Gasteiger partial charge in [-0.1, -0.05) is 18.2 Å². The normalized spacial score (nSPS) is 18.1. The summed E-state index contributed by atoms with van der Waals surface area (Å²) in [6.45, 7) is 9.93. The zero-order valence-corrected chi connectivity index (χ0v) is 28.2. The van der Waals surface area contributed by atoms with Crippen molar-refractivity contribution in [3.63, 3.8) is 0 Å². The number of carbonyl (C=O) groups excluding carboxylic acids is 1. The molecule has 0 spiro atoms. The Morgan fingerprint density at radius 1 is 1.10 bits per heavy atom. The molecule has 2 aliphatic heterocycles. The van der Waals surface area contributed by atoms with Gasteiger partial charge in [0.05, 0.1) is 18.0 Å². The van der Waals surface area contributed by atoms with Gasteiger partial charge in [-0.25, -0.2) is 19.0 Å². The number of amides is 1. The van der Waals surface area contributed by atoms with Crippen LogP contribution in [0.25, 0.3) is 22.3 Å². The van der Waals surface area contributed by atoms with Crippen LogP contribution in [0.3, 0.4) is 0 Å². The fraction of sp³-hybridized carbons (Fsp3) is 0.417. The van der Waals surface area contributed by atoms with Crippen LogP contribution in [-0.4, -0.2) is 105 Å². The van der Waals surface area contributed by atoms with Crippen LogP contribution >= 0.6 is 0 Å². The number of para-hydroxylation sites is 1. The topological polar surface area (TPSA) is 139 Å². The summed E-state index contributed by atoms with van der Waals surface area (Å²) < 4.78 is 28.4. The molecule has 1 unspecified atom stereocenters. The number of anilines is 1. The minimum atomic E-state index is -0.536. The molecule has 2 aliphatic rings. The number of piperazine rings is 1. The van der Waals surface area contributed by atoms with E-state index in [0.29, 0.717) is 60.8 Å². The number of carbonyl (C=O) groups is 1. The lowest BCUT2D eigenvalue weighted by Crippen LogP contribution is -2.54. The molecule has 2 fully saturated rings. The molecular formula is C36H42FN9O3. The van der Waals surface area contributed by atoms with Crippen LogP contribution in [0.5, 0.6) is 11.5 Å². The molecule has 0 saturated carbocycles. The van der Waals surface area contributed by atoms with Crippen LogP contribution in [0.15, 0.2) is 66.5 Å². The van der Waals surface area contributed by atoms with Crippen LogP contribution in [0.2, 0.25) is 0 Å². The Bertz CT molecular complexity index is 1860. The summed E-state index contributed by atoms with van der Waals surface area (Å²) in [5.41, 5.74) is 6.94. The number of ether oxygens (including phenoxy) is 2. The zero-order chi connectivity index (χ0) is 34.5. The highest BCUT2D eigenvalue weighted by molar-refractivity contribution is 5.99. The molecule has 2 aromatic heterocycles. The summed E-state index contributed by atoms with van der Waals surface area (Å²) in [6.07, 6.45) is 4.56. The second-order valence-electron chi connectivity index (χ2n) is 13.0. The number of piperidine rings is 1. The third-order valence-corrected chi connectivity index (χ3v) is 9.37. The second-order valence-corrected chi connectivity index (χ2v) is 13.0. The lowest BCUT2D eigenvalue weighted by molar-refractivity contribution is -0.128. The van der Waals surface area contributed by atoms with Gasteiger partial charge in [-0.05, 0) is 57.0 Å². The van der Waals surface area contributed by atoms with Crippen molar-refractivity contribution in [1.82, 2.24) is 34.4 Å². The quantitative estimate of drug-likeness (QED) is 0.188. The van der Waals surface area contributed by atoms with E-state index in [1.807, 2.05) is 32.0 Å². The summed E-state index contributed by atoms with van der Waals surface area (Å²) >= 11 is 0. The summed E-state index contributed by atoms with van der Waals surface area (Å²) in [5, 5.41) is 15.4. The number of likely N-dealkylation sites (tertiary alicyclic amines) is 1. The maximum Gasteiger partial charge on any atom is 0.264 e. The SMILES string of the molecule is COCCN1CCN(C(C)(C)C=C(C#N)C(=O)N2CCCC(n3nc(-c4ccc(Oc5ccccc5)cc4F)c4c(N)ncnc43)C2)CC1. The minimum Gasteiger partial charge on any atom is -0.457 e. The number of halogens is 1. The van der Waals surface area contributed by atoms with Crippen LogP contribution in [0, 0.1) is 17.1 Å². The van der Waals surface area contributed by atoms with Gasteiger partial charge in [-0.2, -0.15) is 10.4 Å². The van der Waals surface area contributed by atoms with Gasteiger partial charge in [0.2, 0.25) is 0 Å². The molecule has 2 N–H and O–H groups in total. The predicted molar refractivity (Wildman–Crippen MR) is 184 cm³/mol. The standard InChI is InChI=1S/C36H42FN9O3/c1-36(2,45-16-14-43(15-17-45)18-19-48-3)21-25(22-38)35(47)44-13-7-8-26(23-44)46-34-31(33(39)40-24-41-34)32(42-46)29-12-11-28(20-30(29)37)49-27-9-5-4-6-10-27/h4-6,9-12,20-21,24,26H,7-8,13-19,23H2,1-3H3,(H2,39,40,41). The number of nitrogen functional groups attached to an aromatic ring is 1. The third-order valence-electron chi connectivity index (χ3n) is 9.37. The summed E-state index contributed by atoms with van der Waals surface area (Å²) in [5.74, 6) is 0.260. The lowest BCUT2D eigenvalue weighted by Gasteiger charge is -2.43. The molecule has 256 valence electrons. The summed E-state index contributed by atoms with van der Waals surface area (Å²) in [7, 11) is 1.71. The van der Waals surface area contributed by atoms with Gasteiger partial charge >= 0.3 is 0 Å². The van der Waals surface area contributed by atoms with Gasteiger partial charge in [0.15, 0.2) is 5.65 Å². The molecule has 0 bridgehead atoms. The maximum absolute atomic E-state index is 15.7. The van der Waals surface area contributed by atoms with Crippen molar-refractivity contribution in [3.05, 3.63) is 72.3 Å². The number of hydrogen-bond acceptors (Lipinski definition) is 10. The number of nitrogens with two attached hydrogens (primary N) is 1. The highest BCUT2D eigenvalue weighted by Crippen LogP contribution is 2.36. The van der Waals surface area contributed by atoms with Crippen LogP contribution in [-0.2, 0) is 9.53 Å². The largest absolute Gasteiger partial charge is 0.457 e. The van der Waals surface area contributed by atoms with Gasteiger partial charge < -0.3 is 20.1 Å². The molecule has 0 aliphatic carbocycles. The Hall–Kier alpha value is -4.90. The molecule has 1 amide bonds. The zero-order valence-electron chi connectivity index (χ0n) is 28.2. The number of aromatic nitrogens is 4. The number of rotatable bonds is 10. The van der Waals surface area contributed by atoms with Crippen LogP contribution in [0.1, 0.15) is 32.7 Å². The number of nitrogens with zero attached hydrogens (tertiary/aromatic N) is 8. The first-order valence-electron chi connectivity index (χ1n) is 16.6. The van der Waals surface area contributed by atoms with Crippen molar-refractivity contribution in [2.45, 2.75) is 38.3 Å². The van der Waals surface area contributed by atoms with E-state index in [1.54, 1.807) is 47.0 Å². The summed E-state index contributed by atoms with van der Waals surface area (Å²) in [6, 6.07) is 15.6. The molecule has 6 rings (SSSR count). The number of hydrogen-bond donors (Lipinski definition) is 1. The van der Waals surface area contributed by atoms with Gasteiger partial charge in [0.25, 0.3) is 5.91 Å². The lowest BCUT2D eigenvalue weighted by atomic mass is 9.96. The molecule has 1 atom stereocenters. The Labute approximate surface area is 285 Å². The molecule has 2 saturated heterocycles. The van der Waals surface area contributed by atoms with Crippen molar-refractivity contribution in [1.29, 1.82) is 5.26 Å². The van der Waals surface area contributed by atoms with E-state index in [1.165, 1.54) is 12.4 Å². The first-order chi connectivity index (χ1) is 23.7. The maximum atomic E-state index is 15.7. The number of nitriles is 1. The van der Waals surface area contributed by atoms with Crippen molar-refractivity contribution in [3.8, 4) is 28.8 Å². The van der Waals surface area contributed by atoms with E-state index >= 15 is 4.39 Å². The van der Waals surface area contributed by atoms with Gasteiger partial charge in [-0.3, -0.25) is 14.6 Å². The van der Waals surface area contributed by atoms with E-state index in [0.717, 1.165) is 32.7 Å². The van der Waals surface area contributed by atoms with Gasteiger partial charge in [-0.15, -0.1) is 0 Å². The molecule has 2 aromatic carbocycles. The second kappa shape index (κ2) is 14.7.